The summed E-state index contributed by atoms with van der Waals surface area (Å²) >= 11 is 5.10. The van der Waals surface area contributed by atoms with Crippen LogP contribution in [0.25, 0.3) is 33.3 Å². The Morgan fingerprint density at radius 1 is 1.00 bits per heavy atom. The number of fused-ring (bicyclic) bond motifs is 1. The topological polar surface area (TPSA) is 45.3 Å². The van der Waals surface area contributed by atoms with Gasteiger partial charge in [0.25, 0.3) is 0 Å². The molecule has 0 saturated carbocycles. The van der Waals surface area contributed by atoms with Crippen LogP contribution in [0, 0.1) is 12.7 Å². The third-order valence-corrected chi connectivity index (χ3v) is 8.07. The minimum atomic E-state index is -1.15. The number of nitrogens with one attached hydrogen (secondary N) is 1. The Morgan fingerprint density at radius 2 is 1.79 bits per heavy atom. The number of benzene rings is 3. The van der Waals surface area contributed by atoms with Gasteiger partial charge in [0.15, 0.2) is 4.90 Å². The second-order valence-corrected chi connectivity index (χ2v) is 10.4. The summed E-state index contributed by atoms with van der Waals surface area (Å²) in [7, 11) is 2.09. The molecule has 5 rings (SSSR count). The highest BCUT2D eigenvalue weighted by Crippen LogP contribution is 2.34. The Morgan fingerprint density at radius 3 is 2.52 bits per heavy atom. The van der Waals surface area contributed by atoms with E-state index in [0.717, 1.165) is 58.7 Å². The van der Waals surface area contributed by atoms with E-state index < -0.39 is 11.4 Å². The van der Waals surface area contributed by atoms with E-state index in [4.69, 9.17) is 11.6 Å². The number of hydrogen-bond acceptors (Lipinski definition) is 3. The van der Waals surface area contributed by atoms with Gasteiger partial charge in [0.1, 0.15) is 5.82 Å². The average molecular weight is 482 g/mol. The maximum Gasteiger partial charge on any atom is 0.174 e. The lowest BCUT2D eigenvalue weighted by Crippen LogP contribution is -2.47. The van der Waals surface area contributed by atoms with Crippen LogP contribution in [0.1, 0.15) is 5.56 Å². The predicted molar refractivity (Wildman–Crippen MR) is 134 cm³/mol. The van der Waals surface area contributed by atoms with Crippen LogP contribution in [0.3, 0.4) is 0 Å². The van der Waals surface area contributed by atoms with Crippen molar-refractivity contribution >= 4 is 33.9 Å². The third-order valence-electron chi connectivity index (χ3n) is 6.26. The molecule has 1 aromatic heterocycles. The summed E-state index contributed by atoms with van der Waals surface area (Å²) in [4.78, 5) is 6.36. The van der Waals surface area contributed by atoms with Crippen LogP contribution < -0.4 is 0 Å². The number of halogens is 2. The number of H-pyrrole nitrogens is 1. The van der Waals surface area contributed by atoms with Crippen molar-refractivity contribution in [3.8, 4) is 22.4 Å². The highest BCUT2D eigenvalue weighted by molar-refractivity contribution is 7.89. The number of hydrogen-bond donors (Lipinski definition) is 1. The van der Waals surface area contributed by atoms with Crippen LogP contribution in [-0.2, 0) is 11.4 Å². The van der Waals surface area contributed by atoms with Gasteiger partial charge >= 0.3 is 0 Å². The molecule has 0 aliphatic carbocycles. The van der Waals surface area contributed by atoms with Gasteiger partial charge in [-0.05, 0) is 79.2 Å². The number of aromatic amines is 1. The Balaban J connectivity index is 1.44. The molecule has 1 saturated heterocycles. The SMILES string of the molecule is Cc1cc([S+]([O-])N2CCN(C)CC2)ccc1-c1ccc2[nH]c(-c3c(F)cccc3Cl)cc2c1. The predicted octanol–water partition coefficient (Wildman–Crippen LogP) is 5.87. The molecule has 3 aromatic carbocycles. The molecule has 1 N–H and O–H groups in total. The summed E-state index contributed by atoms with van der Waals surface area (Å²) in [6.45, 7) is 5.52. The van der Waals surface area contributed by atoms with E-state index in [1.165, 1.54) is 6.07 Å². The van der Waals surface area contributed by atoms with Crippen LogP contribution in [0.5, 0.6) is 0 Å². The van der Waals surface area contributed by atoms with Crippen LogP contribution in [0.2, 0.25) is 5.02 Å². The number of aryl methyl sites for hydroxylation is 1. The largest absolute Gasteiger partial charge is 0.593 e. The average Bonchev–Trinajstić information content (AvgIpc) is 3.21. The van der Waals surface area contributed by atoms with Gasteiger partial charge in [0.05, 0.1) is 40.7 Å². The number of nitrogens with zero attached hydrogens (tertiary/aromatic N) is 2. The van der Waals surface area contributed by atoms with Crippen molar-refractivity contribution in [3.63, 3.8) is 0 Å². The molecule has 33 heavy (non-hydrogen) atoms. The minimum Gasteiger partial charge on any atom is -0.593 e. The van der Waals surface area contributed by atoms with Gasteiger partial charge in [-0.3, -0.25) is 0 Å². The van der Waals surface area contributed by atoms with Crippen molar-refractivity contribution in [3.05, 3.63) is 77.1 Å². The first kappa shape index (κ1) is 22.4. The molecular weight excluding hydrogens is 457 g/mol. The third kappa shape index (κ3) is 4.42. The van der Waals surface area contributed by atoms with Crippen molar-refractivity contribution in [2.45, 2.75) is 11.8 Å². The first-order chi connectivity index (χ1) is 15.9. The lowest BCUT2D eigenvalue weighted by molar-refractivity contribution is 0.222. The van der Waals surface area contributed by atoms with Gasteiger partial charge in [-0.1, -0.05) is 23.7 Å². The maximum absolute atomic E-state index is 14.4. The smallest absolute Gasteiger partial charge is 0.174 e. The number of rotatable bonds is 4. The Bertz CT molecular complexity index is 1300. The second kappa shape index (κ2) is 9.12. The lowest BCUT2D eigenvalue weighted by atomic mass is 9.99. The van der Waals surface area contributed by atoms with Gasteiger partial charge in [0.2, 0.25) is 0 Å². The van der Waals surface area contributed by atoms with E-state index in [1.54, 1.807) is 12.1 Å². The highest BCUT2D eigenvalue weighted by Gasteiger charge is 2.26. The van der Waals surface area contributed by atoms with Crippen LogP contribution in [-0.4, -0.2) is 52.0 Å². The summed E-state index contributed by atoms with van der Waals surface area (Å²) in [5.74, 6) is -0.353. The van der Waals surface area contributed by atoms with Crippen molar-refractivity contribution in [2.24, 2.45) is 0 Å². The molecule has 0 radical (unpaired) electrons. The Labute approximate surface area is 201 Å². The zero-order chi connectivity index (χ0) is 23.1. The second-order valence-electron chi connectivity index (χ2n) is 8.54. The molecule has 1 atom stereocenters. The zero-order valence-electron chi connectivity index (χ0n) is 18.6. The van der Waals surface area contributed by atoms with E-state index in [9.17, 15) is 8.94 Å². The minimum absolute atomic E-state index is 0.353. The molecule has 0 amide bonds. The number of aromatic nitrogens is 1. The van der Waals surface area contributed by atoms with Crippen LogP contribution in [0.15, 0.2) is 65.6 Å². The first-order valence-electron chi connectivity index (χ1n) is 10.9. The molecule has 4 aromatic rings. The normalized spacial score (nSPS) is 16.4. The fourth-order valence-electron chi connectivity index (χ4n) is 4.36. The molecular formula is C26H25ClFN3OS. The summed E-state index contributed by atoms with van der Waals surface area (Å²) in [6, 6.07) is 18.8. The summed E-state index contributed by atoms with van der Waals surface area (Å²) in [6.07, 6.45) is 0. The fourth-order valence-corrected chi connectivity index (χ4v) is 5.88. The van der Waals surface area contributed by atoms with Crippen molar-refractivity contribution in [1.82, 2.24) is 14.2 Å². The number of likely N-dealkylation sites (N-methyl/N-ethyl adjacent to an activating group) is 1. The molecule has 1 fully saturated rings. The highest BCUT2D eigenvalue weighted by atomic mass is 35.5. The van der Waals surface area contributed by atoms with Gasteiger partial charge in [-0.15, -0.1) is 4.31 Å². The molecule has 1 aliphatic rings. The molecule has 0 spiro atoms. The lowest BCUT2D eigenvalue weighted by Gasteiger charge is -2.32. The summed E-state index contributed by atoms with van der Waals surface area (Å²) < 4.78 is 29.5. The zero-order valence-corrected chi connectivity index (χ0v) is 20.1. The fraction of sp³-hybridized carbons (Fsp3) is 0.231. The van der Waals surface area contributed by atoms with Crippen molar-refractivity contribution in [1.29, 1.82) is 0 Å². The molecule has 7 heteroatoms. The van der Waals surface area contributed by atoms with Crippen LogP contribution in [0.4, 0.5) is 4.39 Å². The molecule has 4 nitrogen and oxygen atoms in total. The van der Waals surface area contributed by atoms with Gasteiger partial charge in [-0.2, -0.15) is 0 Å². The molecule has 170 valence electrons. The number of piperazine rings is 1. The standard InChI is InChI=1S/C26H25ClFN3OS/c1-17-14-20(33(32)31-12-10-30(2)11-13-31)7-8-21(17)18-6-9-24-19(15-18)16-25(29-24)26-22(27)4-3-5-23(26)28/h3-9,14-16,29H,10-13H2,1-2H3. The molecule has 0 bridgehead atoms. The summed E-state index contributed by atoms with van der Waals surface area (Å²) in [5.41, 5.74) is 5.16. The van der Waals surface area contributed by atoms with Crippen molar-refractivity contribution < 1.29 is 8.94 Å². The van der Waals surface area contributed by atoms with E-state index >= 15 is 0 Å². The van der Waals surface area contributed by atoms with E-state index in [1.807, 2.05) is 47.6 Å². The van der Waals surface area contributed by atoms with Crippen LogP contribution >= 0.6 is 11.6 Å². The van der Waals surface area contributed by atoms with Gasteiger partial charge in [0, 0.05) is 24.0 Å². The Hall–Kier alpha value is -2.35. The first-order valence-corrected chi connectivity index (χ1v) is 12.4. The molecule has 1 aliphatic heterocycles. The van der Waals surface area contributed by atoms with Gasteiger partial charge in [-0.25, -0.2) is 4.39 Å². The Kier molecular flexibility index (Phi) is 6.20. The van der Waals surface area contributed by atoms with E-state index in [2.05, 4.69) is 23.0 Å². The monoisotopic (exact) mass is 481 g/mol. The quantitative estimate of drug-likeness (QED) is 0.370. The van der Waals surface area contributed by atoms with E-state index in [-0.39, 0.29) is 5.82 Å². The maximum atomic E-state index is 14.4. The van der Waals surface area contributed by atoms with E-state index in [0.29, 0.717) is 16.3 Å². The van der Waals surface area contributed by atoms with Gasteiger partial charge < -0.3 is 14.4 Å². The molecule has 1 unspecified atom stereocenters. The molecule has 2 heterocycles. The van der Waals surface area contributed by atoms with Crippen molar-refractivity contribution in [2.75, 3.05) is 33.2 Å². The summed E-state index contributed by atoms with van der Waals surface area (Å²) in [5, 5.41) is 1.35.